The predicted octanol–water partition coefficient (Wildman–Crippen LogP) is 4.73. The van der Waals surface area contributed by atoms with Gasteiger partial charge in [-0.1, -0.05) is 25.4 Å². The Bertz CT molecular complexity index is 975. The van der Waals surface area contributed by atoms with Crippen molar-refractivity contribution in [1.82, 2.24) is 14.9 Å². The van der Waals surface area contributed by atoms with Crippen LogP contribution in [-0.2, 0) is 11.0 Å². The molecule has 0 radical (unpaired) electrons. The van der Waals surface area contributed by atoms with Crippen molar-refractivity contribution in [1.29, 1.82) is 0 Å². The molecule has 174 valence electrons. The summed E-state index contributed by atoms with van der Waals surface area (Å²) < 4.78 is 39.9. The lowest BCUT2D eigenvalue weighted by molar-refractivity contribution is -0.137. The van der Waals surface area contributed by atoms with Crippen molar-refractivity contribution < 1.29 is 18.0 Å². The first kappa shape index (κ1) is 24.3. The van der Waals surface area contributed by atoms with E-state index in [0.29, 0.717) is 26.2 Å². The minimum Gasteiger partial charge on any atom is -0.354 e. The van der Waals surface area contributed by atoms with Crippen LogP contribution in [0.4, 0.5) is 24.7 Å². The monoisotopic (exact) mass is 469 g/mol. The summed E-state index contributed by atoms with van der Waals surface area (Å²) in [6, 6.07) is 4.67. The predicted molar refractivity (Wildman–Crippen MR) is 119 cm³/mol. The molecular formula is C22H27ClF3N5O. The zero-order chi connectivity index (χ0) is 23.6. The van der Waals surface area contributed by atoms with Gasteiger partial charge in [0, 0.05) is 48.9 Å². The molecule has 0 unspecified atom stereocenters. The maximum Gasteiger partial charge on any atom is 0.418 e. The quantitative estimate of drug-likeness (QED) is 0.686. The van der Waals surface area contributed by atoms with E-state index in [2.05, 4.69) is 20.2 Å². The van der Waals surface area contributed by atoms with E-state index in [0.717, 1.165) is 23.4 Å². The molecule has 1 aromatic carbocycles. The molecule has 1 aromatic heterocycles. The summed E-state index contributed by atoms with van der Waals surface area (Å²) in [6.07, 6.45) is -4.62. The van der Waals surface area contributed by atoms with Crippen LogP contribution in [0.5, 0.6) is 0 Å². The van der Waals surface area contributed by atoms with Gasteiger partial charge in [-0.3, -0.25) is 9.69 Å². The van der Waals surface area contributed by atoms with Gasteiger partial charge in [-0.25, -0.2) is 9.97 Å². The van der Waals surface area contributed by atoms with Gasteiger partial charge in [0.25, 0.3) is 0 Å². The van der Waals surface area contributed by atoms with Gasteiger partial charge >= 0.3 is 6.18 Å². The maximum atomic E-state index is 13.3. The number of carbonyl (C=O) groups is 1. The molecule has 1 atom stereocenters. The highest BCUT2D eigenvalue weighted by atomic mass is 35.5. The number of hydrogen-bond donors (Lipinski definition) is 1. The number of rotatable bonds is 5. The van der Waals surface area contributed by atoms with Crippen LogP contribution in [0.15, 0.2) is 24.3 Å². The summed E-state index contributed by atoms with van der Waals surface area (Å²) in [7, 11) is 0. The smallest absolute Gasteiger partial charge is 0.354 e. The number of anilines is 2. The molecule has 1 fully saturated rings. The van der Waals surface area contributed by atoms with Crippen molar-refractivity contribution in [3.8, 4) is 0 Å². The average molecular weight is 470 g/mol. The Labute approximate surface area is 190 Å². The van der Waals surface area contributed by atoms with Gasteiger partial charge in [-0.2, -0.15) is 13.2 Å². The number of piperazine rings is 1. The Morgan fingerprint density at radius 1 is 1.09 bits per heavy atom. The van der Waals surface area contributed by atoms with Crippen LogP contribution >= 0.6 is 11.6 Å². The van der Waals surface area contributed by atoms with Crippen molar-refractivity contribution in [3.05, 3.63) is 46.4 Å². The molecule has 2 aromatic rings. The van der Waals surface area contributed by atoms with E-state index in [-0.39, 0.29) is 16.6 Å². The summed E-state index contributed by atoms with van der Waals surface area (Å²) >= 11 is 5.71. The van der Waals surface area contributed by atoms with E-state index in [9.17, 15) is 18.0 Å². The highest BCUT2D eigenvalue weighted by molar-refractivity contribution is 6.30. The number of aryl methyl sites for hydroxylation is 1. The molecule has 0 spiro atoms. The van der Waals surface area contributed by atoms with Crippen LogP contribution in [0.2, 0.25) is 5.02 Å². The molecule has 2 heterocycles. The van der Waals surface area contributed by atoms with Gasteiger partial charge in [0.2, 0.25) is 5.91 Å². The lowest BCUT2D eigenvalue weighted by Crippen LogP contribution is -2.53. The molecule has 10 heteroatoms. The van der Waals surface area contributed by atoms with E-state index in [1.165, 1.54) is 12.1 Å². The van der Waals surface area contributed by atoms with E-state index in [1.807, 2.05) is 31.7 Å². The SMILES string of the molecule is Cc1cc(N2CCN([C@@H](C)C(=O)Nc3ccc(Cl)cc3C(F)(F)F)CC2)nc(C(C)C)n1. The standard InChI is InChI=1S/C22H27ClF3N5O/c1-13(2)20-27-14(3)11-19(29-20)31-9-7-30(8-10-31)15(4)21(32)28-18-6-5-16(23)12-17(18)22(24,25)26/h5-6,11-13,15H,7-10H2,1-4H3,(H,28,32)/t15-/m0/s1. The lowest BCUT2D eigenvalue weighted by atomic mass is 10.1. The fourth-order valence-corrected chi connectivity index (χ4v) is 3.77. The van der Waals surface area contributed by atoms with Crippen LogP contribution in [0.3, 0.4) is 0 Å². The first-order valence-electron chi connectivity index (χ1n) is 10.5. The first-order chi connectivity index (χ1) is 15.0. The molecule has 1 aliphatic heterocycles. The van der Waals surface area contributed by atoms with Crippen LogP contribution in [-0.4, -0.2) is 53.0 Å². The molecule has 3 rings (SSSR count). The van der Waals surface area contributed by atoms with E-state index in [4.69, 9.17) is 11.6 Å². The van der Waals surface area contributed by atoms with Gasteiger partial charge in [0.1, 0.15) is 11.6 Å². The second-order valence-electron chi connectivity index (χ2n) is 8.26. The molecule has 0 saturated carbocycles. The van der Waals surface area contributed by atoms with Crippen molar-refractivity contribution in [2.45, 2.75) is 45.8 Å². The third-order valence-electron chi connectivity index (χ3n) is 5.48. The maximum absolute atomic E-state index is 13.3. The Kier molecular flexibility index (Phi) is 7.29. The van der Waals surface area contributed by atoms with E-state index in [1.54, 1.807) is 6.92 Å². The number of alkyl halides is 3. The number of benzene rings is 1. The molecule has 0 aliphatic carbocycles. The molecule has 1 aliphatic rings. The Morgan fingerprint density at radius 2 is 1.75 bits per heavy atom. The average Bonchev–Trinajstić information content (AvgIpc) is 2.73. The molecule has 0 bridgehead atoms. The molecule has 6 nitrogen and oxygen atoms in total. The van der Waals surface area contributed by atoms with Crippen molar-refractivity contribution in [2.75, 3.05) is 36.4 Å². The number of halogens is 4. The summed E-state index contributed by atoms with van der Waals surface area (Å²) in [5.41, 5.74) is -0.358. The van der Waals surface area contributed by atoms with Crippen molar-refractivity contribution in [3.63, 3.8) is 0 Å². The van der Waals surface area contributed by atoms with Gasteiger partial charge in [0.05, 0.1) is 17.3 Å². The first-order valence-corrected chi connectivity index (χ1v) is 10.9. The Balaban J connectivity index is 1.65. The van der Waals surface area contributed by atoms with Crippen LogP contribution in [0.25, 0.3) is 0 Å². The van der Waals surface area contributed by atoms with Gasteiger partial charge in [-0.05, 0) is 32.0 Å². The summed E-state index contributed by atoms with van der Waals surface area (Å²) in [5.74, 6) is 1.37. The van der Waals surface area contributed by atoms with Crippen LogP contribution in [0, 0.1) is 6.92 Å². The molecule has 1 amide bonds. The molecule has 32 heavy (non-hydrogen) atoms. The highest BCUT2D eigenvalue weighted by Gasteiger charge is 2.35. The minimum absolute atomic E-state index is 0.0416. The fourth-order valence-electron chi connectivity index (χ4n) is 3.60. The molecular weight excluding hydrogens is 443 g/mol. The second-order valence-corrected chi connectivity index (χ2v) is 8.69. The third kappa shape index (κ3) is 5.69. The number of nitrogens with one attached hydrogen (secondary N) is 1. The van der Waals surface area contributed by atoms with Crippen LogP contribution in [0.1, 0.15) is 43.8 Å². The van der Waals surface area contributed by atoms with Crippen molar-refractivity contribution >= 4 is 29.0 Å². The second kappa shape index (κ2) is 9.62. The Morgan fingerprint density at radius 3 is 2.34 bits per heavy atom. The van der Waals surface area contributed by atoms with Gasteiger partial charge < -0.3 is 10.2 Å². The number of hydrogen-bond acceptors (Lipinski definition) is 5. The molecule has 1 saturated heterocycles. The largest absolute Gasteiger partial charge is 0.418 e. The van der Waals surface area contributed by atoms with E-state index < -0.39 is 23.7 Å². The fraction of sp³-hybridized carbons (Fsp3) is 0.500. The third-order valence-corrected chi connectivity index (χ3v) is 5.72. The number of aromatic nitrogens is 2. The van der Waals surface area contributed by atoms with E-state index >= 15 is 0 Å². The van der Waals surface area contributed by atoms with Gasteiger partial charge in [-0.15, -0.1) is 0 Å². The lowest BCUT2D eigenvalue weighted by Gasteiger charge is -2.38. The number of nitrogens with zero attached hydrogens (tertiary/aromatic N) is 4. The zero-order valence-electron chi connectivity index (χ0n) is 18.5. The van der Waals surface area contributed by atoms with Crippen LogP contribution < -0.4 is 10.2 Å². The summed E-state index contributed by atoms with van der Waals surface area (Å²) in [5, 5.41) is 2.38. The van der Waals surface area contributed by atoms with Gasteiger partial charge in [0.15, 0.2) is 0 Å². The summed E-state index contributed by atoms with van der Waals surface area (Å²) in [6.45, 7) is 10.2. The highest BCUT2D eigenvalue weighted by Crippen LogP contribution is 2.36. The zero-order valence-corrected chi connectivity index (χ0v) is 19.3. The Hall–Kier alpha value is -2.39. The normalized spacial score (nSPS) is 16.3. The minimum atomic E-state index is -4.62. The van der Waals surface area contributed by atoms with Crippen molar-refractivity contribution in [2.24, 2.45) is 0 Å². The molecule has 1 N–H and O–H groups in total. The topological polar surface area (TPSA) is 61.4 Å². The number of carbonyl (C=O) groups excluding carboxylic acids is 1. The number of amides is 1. The summed E-state index contributed by atoms with van der Waals surface area (Å²) in [4.78, 5) is 25.9.